The number of unbranched alkanes of at least 4 members (excludes halogenated alkanes) is 46. The largest absolute Gasteiger partial charge is 0.462 e. The summed E-state index contributed by atoms with van der Waals surface area (Å²) in [5, 5.41) is 0. The molecule has 462 valence electrons. The van der Waals surface area contributed by atoms with E-state index < -0.39 is 6.10 Å². The van der Waals surface area contributed by atoms with Gasteiger partial charge in [-0.3, -0.25) is 14.4 Å². The lowest BCUT2D eigenvalue weighted by atomic mass is 10.0. The van der Waals surface area contributed by atoms with Gasteiger partial charge in [-0.1, -0.05) is 307 Å². The highest BCUT2D eigenvalue weighted by Gasteiger charge is 2.19. The molecule has 0 saturated carbocycles. The van der Waals surface area contributed by atoms with E-state index in [9.17, 15) is 14.4 Å². The van der Waals surface area contributed by atoms with E-state index in [1.807, 2.05) is 0 Å². The number of ether oxygens (including phenoxy) is 3. The van der Waals surface area contributed by atoms with E-state index in [1.54, 1.807) is 0 Å². The summed E-state index contributed by atoms with van der Waals surface area (Å²) in [6, 6.07) is 0. The van der Waals surface area contributed by atoms with Gasteiger partial charge in [0.15, 0.2) is 6.10 Å². The van der Waals surface area contributed by atoms with Crippen molar-refractivity contribution in [3.63, 3.8) is 0 Å². The first-order valence-corrected chi connectivity index (χ1v) is 35.1. The van der Waals surface area contributed by atoms with E-state index in [0.717, 1.165) is 89.9 Å². The van der Waals surface area contributed by atoms with Gasteiger partial charge in [0.25, 0.3) is 0 Å². The summed E-state index contributed by atoms with van der Waals surface area (Å²) >= 11 is 0. The third kappa shape index (κ3) is 66.1. The van der Waals surface area contributed by atoms with Crippen LogP contribution in [0.4, 0.5) is 0 Å². The van der Waals surface area contributed by atoms with Crippen LogP contribution in [0.5, 0.6) is 0 Å². The quantitative estimate of drug-likeness (QED) is 0.0261. The van der Waals surface area contributed by atoms with Gasteiger partial charge in [0.2, 0.25) is 0 Å². The number of esters is 3. The molecular formula is C73H134O6. The lowest BCUT2D eigenvalue weighted by molar-refractivity contribution is -0.167. The lowest BCUT2D eigenvalue weighted by Gasteiger charge is -2.18. The molecule has 0 aromatic rings. The summed E-state index contributed by atoms with van der Waals surface area (Å²) in [4.78, 5) is 38.3. The molecule has 79 heavy (non-hydrogen) atoms. The molecule has 6 nitrogen and oxygen atoms in total. The Balaban J connectivity index is 4.16. The normalized spacial score (nSPS) is 12.3. The van der Waals surface area contributed by atoms with E-state index >= 15 is 0 Å². The third-order valence-electron chi connectivity index (χ3n) is 15.8. The average molecular weight is 1110 g/mol. The summed E-state index contributed by atoms with van der Waals surface area (Å²) in [6.45, 7) is 6.65. The molecule has 0 saturated heterocycles. The number of carbonyl (C=O) groups excluding carboxylic acids is 3. The predicted octanol–water partition coefficient (Wildman–Crippen LogP) is 24.1. The molecule has 0 aromatic heterocycles. The van der Waals surface area contributed by atoms with Gasteiger partial charge in [-0.15, -0.1) is 0 Å². The van der Waals surface area contributed by atoms with Gasteiger partial charge in [-0.25, -0.2) is 0 Å². The summed E-state index contributed by atoms with van der Waals surface area (Å²) < 4.78 is 16.9. The molecule has 6 heteroatoms. The second-order valence-corrected chi connectivity index (χ2v) is 23.8. The number of hydrogen-bond donors (Lipinski definition) is 0. The maximum atomic E-state index is 12.9. The van der Waals surface area contributed by atoms with E-state index in [1.165, 1.54) is 250 Å². The van der Waals surface area contributed by atoms with Gasteiger partial charge in [-0.2, -0.15) is 0 Å². The number of hydrogen-bond acceptors (Lipinski definition) is 6. The maximum absolute atomic E-state index is 12.9. The van der Waals surface area contributed by atoms with E-state index in [0.29, 0.717) is 19.3 Å². The number of rotatable bonds is 65. The van der Waals surface area contributed by atoms with Crippen LogP contribution in [0.2, 0.25) is 0 Å². The van der Waals surface area contributed by atoms with E-state index in [2.05, 4.69) is 69.4 Å². The highest BCUT2D eigenvalue weighted by molar-refractivity contribution is 5.71. The summed E-state index contributed by atoms with van der Waals surface area (Å²) in [5.41, 5.74) is 0. The Kier molecular flexibility index (Phi) is 65.6. The second kappa shape index (κ2) is 67.9. The average Bonchev–Trinajstić information content (AvgIpc) is 3.45. The van der Waals surface area contributed by atoms with Crippen LogP contribution >= 0.6 is 0 Å². The molecular weight excluding hydrogens is 973 g/mol. The van der Waals surface area contributed by atoms with Gasteiger partial charge < -0.3 is 14.2 Å². The fourth-order valence-electron chi connectivity index (χ4n) is 10.5. The van der Waals surface area contributed by atoms with Crippen molar-refractivity contribution < 1.29 is 28.6 Å². The van der Waals surface area contributed by atoms with E-state index in [4.69, 9.17) is 14.2 Å². The minimum atomic E-state index is -0.783. The van der Waals surface area contributed by atoms with Gasteiger partial charge in [0, 0.05) is 19.3 Å². The van der Waals surface area contributed by atoms with Crippen molar-refractivity contribution in [3.8, 4) is 0 Å². The van der Waals surface area contributed by atoms with Gasteiger partial charge in [0.05, 0.1) is 0 Å². The topological polar surface area (TPSA) is 78.9 Å². The molecule has 0 aliphatic heterocycles. The standard InChI is InChI=1S/C73H134O6/c1-4-7-10-13-16-19-22-25-28-29-30-31-32-33-34-35-36-37-38-39-40-41-42-43-46-48-51-54-57-60-63-66-72(75)78-69-70(79-73(76)67-64-61-58-55-52-49-45-27-24-21-18-15-12-9-6-3)68-77-71(74)65-62-59-56-53-50-47-44-26-23-20-17-14-11-8-5-2/h18,21,26-27,29-30,44-45,70H,4-17,19-20,22-25,28,31-43,46-69H2,1-3H3/b21-18-,30-29-,44-26-,45-27-. The molecule has 1 atom stereocenters. The van der Waals surface area contributed by atoms with Crippen LogP contribution < -0.4 is 0 Å². The van der Waals surface area contributed by atoms with Crippen molar-refractivity contribution in [2.45, 2.75) is 386 Å². The Morgan fingerprint density at radius 1 is 0.253 bits per heavy atom. The Hall–Kier alpha value is -2.63. The SMILES string of the molecule is CCCCC/C=C\C/C=C\CCCCCCCC(=O)OC(COC(=O)CCCCCCC/C=C\CCCCCCCC)COC(=O)CCCCCCCCCCCCCCCCCCCCC/C=C\CCCCCCCCCC. The van der Waals surface area contributed by atoms with Gasteiger partial charge >= 0.3 is 17.9 Å². The van der Waals surface area contributed by atoms with Crippen LogP contribution in [0.15, 0.2) is 48.6 Å². The first kappa shape index (κ1) is 76.4. The maximum Gasteiger partial charge on any atom is 0.306 e. The summed E-state index contributed by atoms with van der Waals surface area (Å²) in [5.74, 6) is -0.878. The number of allylic oxidation sites excluding steroid dienone is 8. The van der Waals surface area contributed by atoms with E-state index in [-0.39, 0.29) is 31.1 Å². The molecule has 0 aromatic carbocycles. The number of carbonyl (C=O) groups is 3. The molecule has 0 amide bonds. The van der Waals surface area contributed by atoms with Gasteiger partial charge in [0.1, 0.15) is 13.2 Å². The van der Waals surface area contributed by atoms with Crippen molar-refractivity contribution in [1.82, 2.24) is 0 Å². The molecule has 1 unspecified atom stereocenters. The Morgan fingerprint density at radius 2 is 0.456 bits per heavy atom. The lowest BCUT2D eigenvalue weighted by Crippen LogP contribution is -2.30. The van der Waals surface area contributed by atoms with Crippen LogP contribution in [0.25, 0.3) is 0 Å². The van der Waals surface area contributed by atoms with Crippen molar-refractivity contribution in [3.05, 3.63) is 48.6 Å². The summed E-state index contributed by atoms with van der Waals surface area (Å²) in [6.07, 6.45) is 85.8. The molecule has 0 bridgehead atoms. The predicted molar refractivity (Wildman–Crippen MR) is 344 cm³/mol. The zero-order valence-corrected chi connectivity index (χ0v) is 53.2. The van der Waals surface area contributed by atoms with Crippen molar-refractivity contribution >= 4 is 17.9 Å². The molecule has 0 radical (unpaired) electrons. The first-order valence-electron chi connectivity index (χ1n) is 35.1. The van der Waals surface area contributed by atoms with Crippen LogP contribution in [-0.4, -0.2) is 37.2 Å². The van der Waals surface area contributed by atoms with Crippen LogP contribution in [0, 0.1) is 0 Å². The fourth-order valence-corrected chi connectivity index (χ4v) is 10.5. The zero-order chi connectivity index (χ0) is 57.1. The monoisotopic (exact) mass is 1110 g/mol. The van der Waals surface area contributed by atoms with Crippen LogP contribution in [0.3, 0.4) is 0 Å². The van der Waals surface area contributed by atoms with Crippen LogP contribution in [0.1, 0.15) is 380 Å². The molecule has 0 rings (SSSR count). The molecule has 0 spiro atoms. The Morgan fingerprint density at radius 3 is 0.734 bits per heavy atom. The first-order chi connectivity index (χ1) is 39.0. The molecule has 0 aliphatic carbocycles. The van der Waals surface area contributed by atoms with Crippen molar-refractivity contribution in [1.29, 1.82) is 0 Å². The molecule has 0 heterocycles. The minimum absolute atomic E-state index is 0.0779. The fraction of sp³-hybridized carbons (Fsp3) is 0.849. The molecule has 0 aliphatic rings. The molecule has 0 fully saturated rings. The Bertz CT molecular complexity index is 1360. The Labute approximate surface area is 492 Å². The highest BCUT2D eigenvalue weighted by atomic mass is 16.6. The van der Waals surface area contributed by atoms with Gasteiger partial charge in [-0.05, 0) is 103 Å². The highest BCUT2D eigenvalue weighted by Crippen LogP contribution is 2.18. The van der Waals surface area contributed by atoms with Crippen molar-refractivity contribution in [2.75, 3.05) is 13.2 Å². The van der Waals surface area contributed by atoms with Crippen LogP contribution in [-0.2, 0) is 28.6 Å². The second-order valence-electron chi connectivity index (χ2n) is 23.8. The smallest absolute Gasteiger partial charge is 0.306 e. The third-order valence-corrected chi connectivity index (χ3v) is 15.8. The van der Waals surface area contributed by atoms with Crippen molar-refractivity contribution in [2.24, 2.45) is 0 Å². The summed E-state index contributed by atoms with van der Waals surface area (Å²) in [7, 11) is 0. The zero-order valence-electron chi connectivity index (χ0n) is 53.2. The molecule has 0 N–H and O–H groups in total. The minimum Gasteiger partial charge on any atom is -0.462 e.